The highest BCUT2D eigenvalue weighted by Gasteiger charge is 2.22. The molecular formula is C20H23N3O3. The van der Waals surface area contributed by atoms with Crippen molar-refractivity contribution in [1.82, 2.24) is 14.3 Å². The average molecular weight is 353 g/mol. The largest absolute Gasteiger partial charge is 0.465 e. The number of esters is 1. The predicted molar refractivity (Wildman–Crippen MR) is 99.3 cm³/mol. The van der Waals surface area contributed by atoms with Crippen LogP contribution < -0.4 is 0 Å². The highest BCUT2D eigenvalue weighted by atomic mass is 16.5. The first-order valence-electron chi connectivity index (χ1n) is 8.90. The van der Waals surface area contributed by atoms with Crippen molar-refractivity contribution in [3.8, 4) is 11.1 Å². The van der Waals surface area contributed by atoms with E-state index in [4.69, 9.17) is 9.47 Å². The van der Waals surface area contributed by atoms with Crippen molar-refractivity contribution in [2.24, 2.45) is 7.05 Å². The van der Waals surface area contributed by atoms with Crippen LogP contribution in [0.25, 0.3) is 22.0 Å². The summed E-state index contributed by atoms with van der Waals surface area (Å²) in [6.07, 6.45) is 5.98. The molecule has 1 saturated heterocycles. The fourth-order valence-corrected chi connectivity index (χ4v) is 3.86. The number of aryl methyl sites for hydroxylation is 1. The van der Waals surface area contributed by atoms with Gasteiger partial charge >= 0.3 is 5.97 Å². The van der Waals surface area contributed by atoms with Gasteiger partial charge in [0.25, 0.3) is 0 Å². The number of hydrogen-bond acceptors (Lipinski definition) is 4. The fourth-order valence-electron chi connectivity index (χ4n) is 3.86. The molecule has 0 bridgehead atoms. The lowest BCUT2D eigenvalue weighted by Gasteiger charge is -2.22. The summed E-state index contributed by atoms with van der Waals surface area (Å²) in [7, 11) is 3.40. The normalized spacial score (nSPS) is 15.5. The molecule has 3 aromatic rings. The molecule has 136 valence electrons. The molecule has 3 heterocycles. The standard InChI is InChI=1S/C20H23N3O3/c1-13-18(20(24)25-3)17-6-4-5-16(19(17)22(13)2)14-11-21-23(12-14)15-7-9-26-10-8-15/h4-6,11-12,15H,7-10H2,1-3H3. The van der Waals surface area contributed by atoms with Gasteiger partial charge in [0.2, 0.25) is 0 Å². The van der Waals surface area contributed by atoms with E-state index in [-0.39, 0.29) is 5.97 Å². The van der Waals surface area contributed by atoms with E-state index in [2.05, 4.69) is 21.9 Å². The molecule has 0 unspecified atom stereocenters. The molecule has 2 aromatic heterocycles. The number of rotatable bonds is 3. The lowest BCUT2D eigenvalue weighted by molar-refractivity contribution is 0.0601. The Morgan fingerprint density at radius 1 is 1.31 bits per heavy atom. The zero-order chi connectivity index (χ0) is 18.3. The summed E-state index contributed by atoms with van der Waals surface area (Å²) in [6, 6.07) is 6.42. The number of para-hydroxylation sites is 1. The SMILES string of the molecule is COC(=O)c1c(C)n(C)c2c(-c3cnn(C4CCOCC4)c3)cccc12. The van der Waals surface area contributed by atoms with Crippen molar-refractivity contribution >= 4 is 16.9 Å². The molecule has 26 heavy (non-hydrogen) atoms. The Balaban J connectivity index is 1.83. The topological polar surface area (TPSA) is 58.3 Å². The Morgan fingerprint density at radius 3 is 2.81 bits per heavy atom. The number of carbonyl (C=O) groups is 1. The van der Waals surface area contributed by atoms with Crippen molar-refractivity contribution in [2.45, 2.75) is 25.8 Å². The maximum Gasteiger partial charge on any atom is 0.340 e. The van der Waals surface area contributed by atoms with Gasteiger partial charge < -0.3 is 14.0 Å². The van der Waals surface area contributed by atoms with Crippen LogP contribution in [0.3, 0.4) is 0 Å². The molecule has 0 radical (unpaired) electrons. The maximum absolute atomic E-state index is 12.3. The smallest absolute Gasteiger partial charge is 0.340 e. The van der Waals surface area contributed by atoms with Crippen molar-refractivity contribution in [2.75, 3.05) is 20.3 Å². The van der Waals surface area contributed by atoms with Gasteiger partial charge in [-0.3, -0.25) is 4.68 Å². The maximum atomic E-state index is 12.3. The summed E-state index contributed by atoms with van der Waals surface area (Å²) in [5, 5.41) is 5.50. The summed E-state index contributed by atoms with van der Waals surface area (Å²) in [4.78, 5) is 12.3. The number of nitrogens with zero attached hydrogens (tertiary/aromatic N) is 3. The minimum absolute atomic E-state index is 0.303. The Hall–Kier alpha value is -2.60. The number of methoxy groups -OCH3 is 1. The monoisotopic (exact) mass is 353 g/mol. The second-order valence-electron chi connectivity index (χ2n) is 6.77. The minimum atomic E-state index is -0.303. The second-order valence-corrected chi connectivity index (χ2v) is 6.77. The molecule has 1 aliphatic rings. The van der Waals surface area contributed by atoms with E-state index >= 15 is 0 Å². The van der Waals surface area contributed by atoms with Crippen LogP contribution in [-0.2, 0) is 16.5 Å². The molecule has 0 amide bonds. The lowest BCUT2D eigenvalue weighted by atomic mass is 10.0. The van der Waals surface area contributed by atoms with Gasteiger partial charge in [-0.1, -0.05) is 18.2 Å². The zero-order valence-corrected chi connectivity index (χ0v) is 15.4. The van der Waals surface area contributed by atoms with Crippen LogP contribution in [0.5, 0.6) is 0 Å². The summed E-state index contributed by atoms with van der Waals surface area (Å²) in [6.45, 7) is 3.52. The summed E-state index contributed by atoms with van der Waals surface area (Å²) in [5.41, 5.74) is 4.68. The lowest BCUT2D eigenvalue weighted by Crippen LogP contribution is -2.19. The molecule has 0 atom stereocenters. The van der Waals surface area contributed by atoms with Crippen LogP contribution in [0.15, 0.2) is 30.6 Å². The predicted octanol–water partition coefficient (Wildman–Crippen LogP) is 3.49. The average Bonchev–Trinajstić information content (AvgIpc) is 3.26. The van der Waals surface area contributed by atoms with Gasteiger partial charge in [-0.15, -0.1) is 0 Å². The number of hydrogen-bond donors (Lipinski definition) is 0. The minimum Gasteiger partial charge on any atom is -0.465 e. The number of carbonyl (C=O) groups excluding carboxylic acids is 1. The quantitative estimate of drug-likeness (QED) is 0.677. The van der Waals surface area contributed by atoms with Crippen LogP contribution in [-0.4, -0.2) is 40.6 Å². The van der Waals surface area contributed by atoms with Crippen LogP contribution in [0.2, 0.25) is 0 Å². The van der Waals surface area contributed by atoms with Gasteiger partial charge in [0, 0.05) is 48.7 Å². The summed E-state index contributed by atoms with van der Waals surface area (Å²) < 4.78 is 14.5. The third-order valence-corrected chi connectivity index (χ3v) is 5.37. The molecule has 1 aromatic carbocycles. The molecule has 0 spiro atoms. The third kappa shape index (κ3) is 2.61. The van der Waals surface area contributed by atoms with E-state index in [1.165, 1.54) is 7.11 Å². The van der Waals surface area contributed by atoms with Crippen LogP contribution in [0.4, 0.5) is 0 Å². The molecule has 6 heteroatoms. The molecule has 1 fully saturated rings. The molecule has 0 saturated carbocycles. The Morgan fingerprint density at radius 2 is 2.08 bits per heavy atom. The highest BCUT2D eigenvalue weighted by molar-refractivity contribution is 6.09. The first kappa shape index (κ1) is 16.8. The van der Waals surface area contributed by atoms with E-state index in [1.54, 1.807) is 0 Å². The molecule has 1 aliphatic heterocycles. The van der Waals surface area contributed by atoms with E-state index in [1.807, 2.05) is 37.0 Å². The molecule has 0 aliphatic carbocycles. The number of ether oxygens (including phenoxy) is 2. The van der Waals surface area contributed by atoms with Crippen molar-refractivity contribution in [3.05, 3.63) is 41.9 Å². The zero-order valence-electron chi connectivity index (χ0n) is 15.4. The van der Waals surface area contributed by atoms with E-state index in [9.17, 15) is 4.79 Å². The van der Waals surface area contributed by atoms with Gasteiger partial charge in [0.05, 0.1) is 30.4 Å². The van der Waals surface area contributed by atoms with E-state index in [0.29, 0.717) is 11.6 Å². The number of benzene rings is 1. The first-order valence-corrected chi connectivity index (χ1v) is 8.90. The van der Waals surface area contributed by atoms with Gasteiger partial charge in [-0.2, -0.15) is 5.10 Å². The second kappa shape index (κ2) is 6.61. The Labute approximate surface area is 152 Å². The van der Waals surface area contributed by atoms with Crippen molar-refractivity contribution in [1.29, 1.82) is 0 Å². The Kier molecular flexibility index (Phi) is 4.28. The van der Waals surface area contributed by atoms with Crippen LogP contribution >= 0.6 is 0 Å². The Bertz CT molecular complexity index is 964. The van der Waals surface area contributed by atoms with Crippen molar-refractivity contribution < 1.29 is 14.3 Å². The molecule has 0 N–H and O–H groups in total. The fraction of sp³-hybridized carbons (Fsp3) is 0.400. The summed E-state index contributed by atoms with van der Waals surface area (Å²) in [5.74, 6) is -0.303. The van der Waals surface area contributed by atoms with Gasteiger partial charge in [0.1, 0.15) is 0 Å². The van der Waals surface area contributed by atoms with Crippen LogP contribution in [0, 0.1) is 6.92 Å². The first-order chi connectivity index (χ1) is 12.6. The van der Waals surface area contributed by atoms with E-state index in [0.717, 1.165) is 53.8 Å². The molecular weight excluding hydrogens is 330 g/mol. The van der Waals surface area contributed by atoms with E-state index < -0.39 is 0 Å². The van der Waals surface area contributed by atoms with Gasteiger partial charge in [0.15, 0.2) is 0 Å². The number of aromatic nitrogens is 3. The third-order valence-electron chi connectivity index (χ3n) is 5.37. The summed E-state index contributed by atoms with van der Waals surface area (Å²) >= 11 is 0. The van der Waals surface area contributed by atoms with Gasteiger partial charge in [-0.05, 0) is 19.8 Å². The van der Waals surface area contributed by atoms with Crippen LogP contribution in [0.1, 0.15) is 34.9 Å². The highest BCUT2D eigenvalue weighted by Crippen LogP contribution is 2.34. The van der Waals surface area contributed by atoms with Gasteiger partial charge in [-0.25, -0.2) is 4.79 Å². The number of fused-ring (bicyclic) bond motifs is 1. The molecule has 6 nitrogen and oxygen atoms in total. The molecule has 4 rings (SSSR count). The van der Waals surface area contributed by atoms with Crippen molar-refractivity contribution in [3.63, 3.8) is 0 Å².